The molecule has 0 saturated carbocycles. The molecular formula is C12H15ClN4O. The number of halogens is 1. The van der Waals surface area contributed by atoms with Crippen molar-refractivity contribution in [3.63, 3.8) is 0 Å². The van der Waals surface area contributed by atoms with Gasteiger partial charge in [0, 0.05) is 19.2 Å². The summed E-state index contributed by atoms with van der Waals surface area (Å²) in [5, 5.41) is 3.39. The summed E-state index contributed by atoms with van der Waals surface area (Å²) in [5.74, 6) is 1.75. The summed E-state index contributed by atoms with van der Waals surface area (Å²) in [7, 11) is 0. The first-order valence-electron chi connectivity index (χ1n) is 6.20. The third kappa shape index (κ3) is 1.92. The van der Waals surface area contributed by atoms with Gasteiger partial charge in [-0.25, -0.2) is 9.97 Å². The van der Waals surface area contributed by atoms with Gasteiger partial charge in [-0.15, -0.1) is 0 Å². The lowest BCUT2D eigenvalue weighted by Crippen LogP contribution is -2.46. The van der Waals surface area contributed by atoms with Crippen LogP contribution in [0.5, 0.6) is 0 Å². The molecule has 18 heavy (non-hydrogen) atoms. The highest BCUT2D eigenvalue weighted by atomic mass is 35.5. The number of rotatable bonds is 1. The Balaban J connectivity index is 1.93. The lowest BCUT2D eigenvalue weighted by Gasteiger charge is -2.36. The minimum atomic E-state index is 0.0906. The predicted molar refractivity (Wildman–Crippen MR) is 68.6 cm³/mol. The molecule has 2 fully saturated rings. The molecule has 2 atom stereocenters. The summed E-state index contributed by atoms with van der Waals surface area (Å²) < 4.78 is 0. The normalized spacial score (nSPS) is 27.0. The van der Waals surface area contributed by atoms with Crippen LogP contribution in [0.15, 0.2) is 6.07 Å². The number of aromatic nitrogens is 2. The molecule has 0 radical (unpaired) electrons. The molecule has 2 saturated heterocycles. The van der Waals surface area contributed by atoms with Crippen molar-refractivity contribution in [3.8, 4) is 0 Å². The van der Waals surface area contributed by atoms with Gasteiger partial charge in [-0.05, 0) is 19.8 Å². The Morgan fingerprint density at radius 1 is 1.50 bits per heavy atom. The van der Waals surface area contributed by atoms with Crippen molar-refractivity contribution in [2.75, 3.05) is 18.0 Å². The van der Waals surface area contributed by atoms with Crippen LogP contribution in [0, 0.1) is 12.8 Å². The average molecular weight is 267 g/mol. The minimum absolute atomic E-state index is 0.0906. The van der Waals surface area contributed by atoms with Crippen molar-refractivity contribution in [1.82, 2.24) is 15.3 Å². The fraction of sp³-hybridized carbons (Fsp3) is 0.583. The molecule has 1 N–H and O–H groups in total. The van der Waals surface area contributed by atoms with E-state index in [0.717, 1.165) is 25.2 Å². The van der Waals surface area contributed by atoms with Gasteiger partial charge in [-0.3, -0.25) is 4.79 Å². The van der Waals surface area contributed by atoms with E-state index in [1.54, 1.807) is 6.07 Å². The highest BCUT2D eigenvalue weighted by Gasteiger charge is 2.41. The van der Waals surface area contributed by atoms with Crippen LogP contribution in [-0.2, 0) is 4.79 Å². The lowest BCUT2D eigenvalue weighted by atomic mass is 9.91. The van der Waals surface area contributed by atoms with Crippen molar-refractivity contribution in [1.29, 1.82) is 0 Å². The van der Waals surface area contributed by atoms with E-state index in [0.29, 0.717) is 17.5 Å². The molecule has 0 spiro atoms. The van der Waals surface area contributed by atoms with E-state index in [-0.39, 0.29) is 17.9 Å². The molecule has 2 aliphatic heterocycles. The number of aryl methyl sites for hydroxylation is 1. The zero-order valence-electron chi connectivity index (χ0n) is 10.2. The summed E-state index contributed by atoms with van der Waals surface area (Å²) >= 11 is 5.98. The second-order valence-electron chi connectivity index (χ2n) is 4.85. The molecule has 5 nitrogen and oxygen atoms in total. The largest absolute Gasteiger partial charge is 0.354 e. The van der Waals surface area contributed by atoms with Gasteiger partial charge in [0.25, 0.3) is 0 Å². The van der Waals surface area contributed by atoms with Crippen LogP contribution in [0.2, 0.25) is 5.15 Å². The number of piperidine rings is 1. The van der Waals surface area contributed by atoms with Crippen molar-refractivity contribution in [2.45, 2.75) is 25.8 Å². The molecule has 0 bridgehead atoms. The number of nitrogens with zero attached hydrogens (tertiary/aromatic N) is 3. The fourth-order valence-electron chi connectivity index (χ4n) is 2.90. The molecule has 2 unspecified atom stereocenters. The number of fused-ring (bicyclic) bond motifs is 1. The van der Waals surface area contributed by atoms with Gasteiger partial charge in [0.1, 0.15) is 16.8 Å². The first-order valence-corrected chi connectivity index (χ1v) is 6.58. The topological polar surface area (TPSA) is 58.1 Å². The number of nitrogens with one attached hydrogen (secondary N) is 1. The van der Waals surface area contributed by atoms with Gasteiger partial charge in [-0.2, -0.15) is 0 Å². The van der Waals surface area contributed by atoms with E-state index >= 15 is 0 Å². The molecule has 3 heterocycles. The number of anilines is 1. The van der Waals surface area contributed by atoms with E-state index in [1.165, 1.54) is 0 Å². The summed E-state index contributed by atoms with van der Waals surface area (Å²) in [6.45, 7) is 3.45. The fourth-order valence-corrected chi connectivity index (χ4v) is 3.12. The Kier molecular flexibility index (Phi) is 2.86. The molecular weight excluding hydrogens is 252 g/mol. The second-order valence-corrected chi connectivity index (χ2v) is 5.24. The maximum atomic E-state index is 11.7. The van der Waals surface area contributed by atoms with Crippen molar-refractivity contribution >= 4 is 23.3 Å². The molecule has 1 amide bonds. The predicted octanol–water partition coefficient (Wildman–Crippen LogP) is 1.15. The maximum absolute atomic E-state index is 11.7. The van der Waals surface area contributed by atoms with E-state index in [2.05, 4.69) is 20.2 Å². The zero-order valence-corrected chi connectivity index (χ0v) is 10.9. The van der Waals surface area contributed by atoms with Gasteiger partial charge in [0.15, 0.2) is 0 Å². The van der Waals surface area contributed by atoms with E-state index < -0.39 is 0 Å². The van der Waals surface area contributed by atoms with Crippen LogP contribution in [0.25, 0.3) is 0 Å². The van der Waals surface area contributed by atoms with Crippen molar-refractivity contribution in [3.05, 3.63) is 17.0 Å². The van der Waals surface area contributed by atoms with Crippen LogP contribution >= 0.6 is 11.6 Å². The number of amides is 1. The molecule has 0 aromatic carbocycles. The third-order valence-electron chi connectivity index (χ3n) is 3.69. The summed E-state index contributed by atoms with van der Waals surface area (Å²) in [4.78, 5) is 22.4. The monoisotopic (exact) mass is 266 g/mol. The second kappa shape index (κ2) is 4.39. The number of carbonyl (C=O) groups excluding carboxylic acids is 1. The molecule has 1 aromatic heterocycles. The van der Waals surface area contributed by atoms with E-state index in [9.17, 15) is 4.79 Å². The smallest absolute Gasteiger partial charge is 0.225 e. The van der Waals surface area contributed by atoms with Crippen LogP contribution < -0.4 is 10.2 Å². The van der Waals surface area contributed by atoms with Gasteiger partial charge < -0.3 is 10.2 Å². The van der Waals surface area contributed by atoms with Gasteiger partial charge in [-0.1, -0.05) is 11.6 Å². The zero-order chi connectivity index (χ0) is 12.7. The standard InChI is InChI=1S/C12H15ClN4O/c1-7-15-10(13)5-11(16-7)17-4-2-3-8-9(17)6-14-12(8)18/h5,8-9H,2-4,6H2,1H3,(H,14,18). The maximum Gasteiger partial charge on any atom is 0.225 e. The van der Waals surface area contributed by atoms with Crippen LogP contribution in [-0.4, -0.2) is 35.0 Å². The van der Waals surface area contributed by atoms with Gasteiger partial charge >= 0.3 is 0 Å². The molecule has 3 rings (SSSR count). The lowest BCUT2D eigenvalue weighted by molar-refractivity contribution is -0.122. The Morgan fingerprint density at radius 2 is 2.33 bits per heavy atom. The number of hydrogen-bond acceptors (Lipinski definition) is 4. The van der Waals surface area contributed by atoms with Crippen LogP contribution in [0.1, 0.15) is 18.7 Å². The van der Waals surface area contributed by atoms with Crippen LogP contribution in [0.3, 0.4) is 0 Å². The molecule has 1 aromatic rings. The average Bonchev–Trinajstić information content (AvgIpc) is 2.70. The molecule has 96 valence electrons. The Morgan fingerprint density at radius 3 is 3.11 bits per heavy atom. The highest BCUT2D eigenvalue weighted by Crippen LogP contribution is 2.31. The first kappa shape index (κ1) is 11.7. The minimum Gasteiger partial charge on any atom is -0.354 e. The highest BCUT2D eigenvalue weighted by molar-refractivity contribution is 6.29. The van der Waals surface area contributed by atoms with Crippen molar-refractivity contribution < 1.29 is 4.79 Å². The summed E-state index contributed by atoms with van der Waals surface area (Å²) in [6, 6.07) is 1.98. The number of carbonyl (C=O) groups is 1. The van der Waals surface area contributed by atoms with Crippen molar-refractivity contribution in [2.24, 2.45) is 5.92 Å². The molecule has 6 heteroatoms. The van der Waals surface area contributed by atoms with Gasteiger partial charge in [0.2, 0.25) is 5.91 Å². The molecule has 2 aliphatic rings. The Bertz CT molecular complexity index is 473. The third-order valence-corrected chi connectivity index (χ3v) is 3.88. The molecule has 0 aliphatic carbocycles. The van der Waals surface area contributed by atoms with E-state index in [1.807, 2.05) is 6.92 Å². The van der Waals surface area contributed by atoms with Gasteiger partial charge in [0.05, 0.1) is 12.0 Å². The SMILES string of the molecule is Cc1nc(Cl)cc(N2CCCC3C(=O)NCC32)n1. The Hall–Kier alpha value is -1.36. The number of hydrogen-bond donors (Lipinski definition) is 1. The summed E-state index contributed by atoms with van der Waals surface area (Å²) in [5.41, 5.74) is 0. The Labute approximate surface area is 111 Å². The first-order chi connectivity index (χ1) is 8.65. The van der Waals surface area contributed by atoms with Crippen LogP contribution in [0.4, 0.5) is 5.82 Å². The summed E-state index contributed by atoms with van der Waals surface area (Å²) in [6.07, 6.45) is 1.97. The van der Waals surface area contributed by atoms with E-state index in [4.69, 9.17) is 11.6 Å². The quantitative estimate of drug-likeness (QED) is 0.775.